The van der Waals surface area contributed by atoms with Crippen molar-refractivity contribution in [2.75, 3.05) is 4.72 Å². The van der Waals surface area contributed by atoms with Crippen molar-refractivity contribution < 1.29 is 13.1 Å². The van der Waals surface area contributed by atoms with Crippen molar-refractivity contribution in [2.24, 2.45) is 0 Å². The lowest BCUT2D eigenvalue weighted by Gasteiger charge is -2.06. The van der Waals surface area contributed by atoms with E-state index in [9.17, 15) is 8.42 Å². The first kappa shape index (κ1) is 14.1. The molecule has 0 amide bonds. The Morgan fingerprint density at radius 3 is 2.28 bits per heavy atom. The second-order valence-corrected chi connectivity index (χ2v) is 5.32. The third-order valence-electron chi connectivity index (χ3n) is 2.24. The molecule has 18 heavy (non-hydrogen) atoms. The highest BCUT2D eigenvalue weighted by atomic mass is 32.2. The van der Waals surface area contributed by atoms with Crippen molar-refractivity contribution in [3.8, 4) is 0 Å². The Kier molecular flexibility index (Phi) is 4.38. The SMILES string of the molecule is Cc1ccc(S(=O)(=O)Nc2ccccn2)cc1.[F-]. The fraction of sp³-hybridized carbons (Fsp3) is 0.0833. The molecule has 1 aromatic carbocycles. The summed E-state index contributed by atoms with van der Waals surface area (Å²) in [5.74, 6) is 0.313. The second-order valence-electron chi connectivity index (χ2n) is 3.63. The van der Waals surface area contributed by atoms with Gasteiger partial charge >= 0.3 is 0 Å². The number of hydrogen-bond donors (Lipinski definition) is 1. The molecular formula is C12H12FN2O2S-. The normalized spacial score (nSPS) is 10.5. The van der Waals surface area contributed by atoms with Crippen molar-refractivity contribution in [2.45, 2.75) is 11.8 Å². The largest absolute Gasteiger partial charge is 1.00 e. The fourth-order valence-corrected chi connectivity index (χ4v) is 2.35. The van der Waals surface area contributed by atoms with Crippen LogP contribution in [-0.2, 0) is 10.0 Å². The van der Waals surface area contributed by atoms with Crippen molar-refractivity contribution in [3.63, 3.8) is 0 Å². The summed E-state index contributed by atoms with van der Waals surface area (Å²) >= 11 is 0. The Balaban J connectivity index is 0.00000162. The molecule has 0 saturated heterocycles. The summed E-state index contributed by atoms with van der Waals surface area (Å²) in [7, 11) is -3.54. The average Bonchev–Trinajstić information content (AvgIpc) is 2.30. The summed E-state index contributed by atoms with van der Waals surface area (Å²) in [5, 5.41) is 0. The zero-order valence-corrected chi connectivity index (χ0v) is 10.5. The molecular weight excluding hydrogens is 255 g/mol. The zero-order valence-electron chi connectivity index (χ0n) is 9.67. The lowest BCUT2D eigenvalue weighted by molar-refractivity contribution is -0.00000600. The van der Waals surface area contributed by atoms with Gasteiger partial charge in [-0.3, -0.25) is 4.72 Å². The summed E-state index contributed by atoms with van der Waals surface area (Å²) in [4.78, 5) is 4.15. The summed E-state index contributed by atoms with van der Waals surface area (Å²) in [5.41, 5.74) is 1.02. The van der Waals surface area contributed by atoms with Crippen LogP contribution in [0.3, 0.4) is 0 Å². The number of pyridine rings is 1. The van der Waals surface area contributed by atoms with Crippen molar-refractivity contribution in [1.29, 1.82) is 0 Å². The van der Waals surface area contributed by atoms with Crippen LogP contribution < -0.4 is 9.43 Å². The van der Waals surface area contributed by atoms with E-state index in [0.29, 0.717) is 5.82 Å². The molecule has 0 bridgehead atoms. The molecule has 96 valence electrons. The van der Waals surface area contributed by atoms with E-state index in [1.165, 1.54) is 6.20 Å². The van der Waals surface area contributed by atoms with E-state index in [1.807, 2.05) is 6.92 Å². The monoisotopic (exact) mass is 267 g/mol. The molecule has 1 N–H and O–H groups in total. The summed E-state index contributed by atoms with van der Waals surface area (Å²) < 4.78 is 26.3. The van der Waals surface area contributed by atoms with E-state index >= 15 is 0 Å². The predicted octanol–water partition coefficient (Wildman–Crippen LogP) is -0.805. The highest BCUT2D eigenvalue weighted by Gasteiger charge is 2.13. The first-order valence-electron chi connectivity index (χ1n) is 5.08. The van der Waals surface area contributed by atoms with Crippen LogP contribution >= 0.6 is 0 Å². The van der Waals surface area contributed by atoms with Gasteiger partial charge in [-0.1, -0.05) is 23.8 Å². The number of benzene rings is 1. The molecule has 0 atom stereocenters. The summed E-state index contributed by atoms with van der Waals surface area (Å²) in [6, 6.07) is 11.7. The predicted molar refractivity (Wildman–Crippen MR) is 66.2 cm³/mol. The third kappa shape index (κ3) is 3.27. The van der Waals surface area contributed by atoms with Crippen molar-refractivity contribution in [1.82, 2.24) is 4.98 Å². The molecule has 1 heterocycles. The number of hydrogen-bond acceptors (Lipinski definition) is 3. The smallest absolute Gasteiger partial charge is 0.263 e. The Morgan fingerprint density at radius 2 is 1.72 bits per heavy atom. The average molecular weight is 267 g/mol. The molecule has 0 saturated carbocycles. The molecule has 0 radical (unpaired) electrons. The van der Waals surface area contributed by atoms with Gasteiger partial charge in [0, 0.05) is 6.20 Å². The Hall–Kier alpha value is -1.95. The van der Waals surface area contributed by atoms with Gasteiger partial charge in [0.05, 0.1) is 4.90 Å². The maximum atomic E-state index is 12.0. The molecule has 0 aliphatic rings. The number of aromatic nitrogens is 1. The number of anilines is 1. The van der Waals surface area contributed by atoms with E-state index in [-0.39, 0.29) is 9.60 Å². The van der Waals surface area contributed by atoms with Crippen LogP contribution in [0.1, 0.15) is 5.56 Å². The van der Waals surface area contributed by atoms with Crippen LogP contribution in [0.2, 0.25) is 0 Å². The van der Waals surface area contributed by atoms with Gasteiger partial charge in [-0.2, -0.15) is 0 Å². The lowest BCUT2D eigenvalue weighted by Crippen LogP contribution is -3.00. The molecule has 2 aromatic rings. The quantitative estimate of drug-likeness (QED) is 0.791. The van der Waals surface area contributed by atoms with Gasteiger partial charge in [0.15, 0.2) is 0 Å². The minimum absolute atomic E-state index is 0. The number of aryl methyl sites for hydroxylation is 1. The van der Waals surface area contributed by atoms with Gasteiger partial charge in [0.2, 0.25) is 0 Å². The van der Waals surface area contributed by atoms with Crippen LogP contribution in [0, 0.1) is 6.92 Å². The van der Waals surface area contributed by atoms with Gasteiger partial charge in [-0.25, -0.2) is 13.4 Å². The molecule has 0 fully saturated rings. The Morgan fingerprint density at radius 1 is 1.06 bits per heavy atom. The fourth-order valence-electron chi connectivity index (χ4n) is 1.34. The summed E-state index contributed by atoms with van der Waals surface area (Å²) in [6.45, 7) is 1.91. The van der Waals surface area contributed by atoms with Crippen molar-refractivity contribution in [3.05, 3.63) is 54.2 Å². The molecule has 0 spiro atoms. The standard InChI is InChI=1S/C12H12N2O2S.FH/c1-10-5-7-11(8-6-10)17(15,16)14-12-4-2-3-9-13-12;/h2-9H,1H3,(H,13,14);1H/p-1. The van der Waals surface area contributed by atoms with Gasteiger partial charge in [-0.05, 0) is 31.2 Å². The highest BCUT2D eigenvalue weighted by Crippen LogP contribution is 2.14. The highest BCUT2D eigenvalue weighted by molar-refractivity contribution is 7.92. The third-order valence-corrected chi connectivity index (χ3v) is 3.61. The molecule has 0 unspecified atom stereocenters. The molecule has 4 nitrogen and oxygen atoms in total. The Labute approximate surface area is 105 Å². The number of halogens is 1. The first-order chi connectivity index (χ1) is 8.08. The topological polar surface area (TPSA) is 59.1 Å². The minimum atomic E-state index is -3.54. The molecule has 1 aromatic heterocycles. The second kappa shape index (κ2) is 5.59. The number of nitrogens with one attached hydrogen (secondary N) is 1. The first-order valence-corrected chi connectivity index (χ1v) is 6.57. The van der Waals surface area contributed by atoms with E-state index in [1.54, 1.807) is 42.5 Å². The number of sulfonamides is 1. The minimum Gasteiger partial charge on any atom is -1.00 e. The van der Waals surface area contributed by atoms with Crippen LogP contribution in [0.5, 0.6) is 0 Å². The van der Waals surface area contributed by atoms with Crippen LogP contribution in [-0.4, -0.2) is 13.4 Å². The number of rotatable bonds is 3. The van der Waals surface area contributed by atoms with Gasteiger partial charge in [0.25, 0.3) is 10.0 Å². The zero-order chi connectivity index (χ0) is 12.3. The van der Waals surface area contributed by atoms with E-state index in [4.69, 9.17) is 0 Å². The molecule has 0 aliphatic heterocycles. The molecule has 0 aliphatic carbocycles. The van der Waals surface area contributed by atoms with Crippen LogP contribution in [0.25, 0.3) is 0 Å². The summed E-state index contributed by atoms with van der Waals surface area (Å²) in [6.07, 6.45) is 1.53. The van der Waals surface area contributed by atoms with E-state index in [2.05, 4.69) is 9.71 Å². The van der Waals surface area contributed by atoms with Crippen LogP contribution in [0.4, 0.5) is 5.82 Å². The van der Waals surface area contributed by atoms with Gasteiger partial charge < -0.3 is 4.70 Å². The maximum Gasteiger partial charge on any atom is 0.263 e. The molecule has 2 rings (SSSR count). The van der Waals surface area contributed by atoms with Crippen LogP contribution in [0.15, 0.2) is 53.6 Å². The Bertz CT molecular complexity index is 598. The van der Waals surface area contributed by atoms with E-state index < -0.39 is 10.0 Å². The molecule has 6 heteroatoms. The van der Waals surface area contributed by atoms with Gasteiger partial charge in [-0.15, -0.1) is 0 Å². The van der Waals surface area contributed by atoms with Gasteiger partial charge in [0.1, 0.15) is 5.82 Å². The van der Waals surface area contributed by atoms with E-state index in [0.717, 1.165) is 5.56 Å². The maximum absolute atomic E-state index is 12.0. The van der Waals surface area contributed by atoms with Crippen molar-refractivity contribution >= 4 is 15.8 Å². The lowest BCUT2D eigenvalue weighted by atomic mass is 10.2. The number of nitrogens with zero attached hydrogens (tertiary/aromatic N) is 1.